The van der Waals surface area contributed by atoms with Gasteiger partial charge in [0, 0.05) is 16.0 Å². The van der Waals surface area contributed by atoms with Gasteiger partial charge in [-0.3, -0.25) is 4.79 Å². The topological polar surface area (TPSA) is 17.1 Å². The van der Waals surface area contributed by atoms with Crippen LogP contribution in [0.4, 0.5) is 0 Å². The van der Waals surface area contributed by atoms with Gasteiger partial charge in [-0.1, -0.05) is 52.3 Å². The number of halogens is 1. The second-order valence-electron chi connectivity index (χ2n) is 5.49. The summed E-state index contributed by atoms with van der Waals surface area (Å²) in [6.45, 7) is 2.01. The van der Waals surface area contributed by atoms with E-state index >= 15 is 0 Å². The minimum Gasteiger partial charge on any atom is -0.294 e. The minimum absolute atomic E-state index is 0.123. The Balaban J connectivity index is 1.88. The largest absolute Gasteiger partial charge is 0.294 e. The van der Waals surface area contributed by atoms with Crippen molar-refractivity contribution in [1.29, 1.82) is 0 Å². The molecule has 2 heteroatoms. The Morgan fingerprint density at radius 3 is 2.65 bits per heavy atom. The lowest BCUT2D eigenvalue weighted by atomic mass is 9.79. The highest BCUT2D eigenvalue weighted by atomic mass is 79.9. The maximum absolute atomic E-state index is 12.8. The average molecular weight is 329 g/mol. The van der Waals surface area contributed by atoms with Crippen LogP contribution >= 0.6 is 15.9 Å². The molecule has 0 heterocycles. The molecule has 0 amide bonds. The quantitative estimate of drug-likeness (QED) is 0.727. The molecule has 0 radical (unpaired) electrons. The van der Waals surface area contributed by atoms with Gasteiger partial charge in [-0.05, 0) is 48.9 Å². The summed E-state index contributed by atoms with van der Waals surface area (Å²) in [7, 11) is 0. The fourth-order valence-electron chi connectivity index (χ4n) is 3.02. The smallest absolute Gasteiger partial charge is 0.166 e. The second kappa shape index (κ2) is 5.53. The van der Waals surface area contributed by atoms with Crippen LogP contribution in [0.1, 0.15) is 33.5 Å². The maximum Gasteiger partial charge on any atom is 0.166 e. The number of Topliss-reactive ketones (excluding diaryl/α,β-unsaturated/α-hetero) is 1. The highest BCUT2D eigenvalue weighted by Gasteiger charge is 2.26. The third-order valence-corrected chi connectivity index (χ3v) is 5.11. The average Bonchev–Trinajstić information content (AvgIpc) is 2.49. The van der Waals surface area contributed by atoms with E-state index in [-0.39, 0.29) is 5.92 Å². The van der Waals surface area contributed by atoms with Gasteiger partial charge in [0.25, 0.3) is 0 Å². The lowest BCUT2D eigenvalue weighted by molar-refractivity contribution is 0.0908. The molecule has 1 unspecified atom stereocenters. The van der Waals surface area contributed by atoms with Gasteiger partial charge in [-0.2, -0.15) is 0 Å². The maximum atomic E-state index is 12.8. The van der Waals surface area contributed by atoms with Crippen LogP contribution in [0.2, 0.25) is 0 Å². The molecule has 20 heavy (non-hydrogen) atoms. The van der Waals surface area contributed by atoms with Crippen LogP contribution in [0.15, 0.2) is 46.9 Å². The first-order valence-corrected chi connectivity index (χ1v) is 7.82. The number of hydrogen-bond acceptors (Lipinski definition) is 1. The number of rotatable bonds is 2. The van der Waals surface area contributed by atoms with Crippen molar-refractivity contribution in [2.45, 2.75) is 26.2 Å². The van der Waals surface area contributed by atoms with Gasteiger partial charge in [-0.15, -0.1) is 0 Å². The van der Waals surface area contributed by atoms with Gasteiger partial charge < -0.3 is 0 Å². The van der Waals surface area contributed by atoms with Crippen LogP contribution < -0.4 is 0 Å². The molecule has 3 rings (SSSR count). The fraction of sp³-hybridized carbons (Fsp3) is 0.278. The first-order valence-electron chi connectivity index (χ1n) is 7.03. The van der Waals surface area contributed by atoms with Gasteiger partial charge in [0.2, 0.25) is 0 Å². The predicted molar refractivity (Wildman–Crippen MR) is 85.2 cm³/mol. The van der Waals surface area contributed by atoms with Gasteiger partial charge >= 0.3 is 0 Å². The van der Waals surface area contributed by atoms with Crippen LogP contribution in [-0.4, -0.2) is 5.78 Å². The molecule has 0 spiro atoms. The number of benzene rings is 2. The van der Waals surface area contributed by atoms with Crippen LogP contribution in [0.25, 0.3) is 0 Å². The Labute approximate surface area is 128 Å². The molecule has 1 aliphatic rings. The molecule has 2 aromatic rings. The monoisotopic (exact) mass is 328 g/mol. The number of fused-ring (bicyclic) bond motifs is 1. The Morgan fingerprint density at radius 1 is 1.10 bits per heavy atom. The zero-order valence-corrected chi connectivity index (χ0v) is 13.1. The summed E-state index contributed by atoms with van der Waals surface area (Å²) in [5.41, 5.74) is 4.66. The summed E-state index contributed by atoms with van der Waals surface area (Å²) in [6, 6.07) is 14.4. The molecule has 0 aliphatic heterocycles. The van der Waals surface area contributed by atoms with E-state index in [0.29, 0.717) is 5.78 Å². The van der Waals surface area contributed by atoms with Crippen molar-refractivity contribution >= 4 is 21.7 Å². The Bertz CT molecular complexity index is 660. The molecule has 1 atom stereocenters. The van der Waals surface area contributed by atoms with Crippen molar-refractivity contribution in [1.82, 2.24) is 0 Å². The highest BCUT2D eigenvalue weighted by molar-refractivity contribution is 9.10. The van der Waals surface area contributed by atoms with Crippen LogP contribution in [0.3, 0.4) is 0 Å². The van der Waals surface area contributed by atoms with Crippen LogP contribution in [0, 0.1) is 12.8 Å². The Morgan fingerprint density at radius 2 is 1.85 bits per heavy atom. The van der Waals surface area contributed by atoms with Crippen molar-refractivity contribution in [3.63, 3.8) is 0 Å². The normalized spacial score (nSPS) is 17.6. The van der Waals surface area contributed by atoms with Gasteiger partial charge in [0.15, 0.2) is 5.78 Å². The molecule has 1 aliphatic carbocycles. The van der Waals surface area contributed by atoms with E-state index in [4.69, 9.17) is 0 Å². The van der Waals surface area contributed by atoms with E-state index in [0.717, 1.165) is 34.9 Å². The van der Waals surface area contributed by atoms with Crippen molar-refractivity contribution in [2.75, 3.05) is 0 Å². The molecule has 102 valence electrons. The number of carbonyl (C=O) groups is 1. The van der Waals surface area contributed by atoms with E-state index in [1.807, 2.05) is 25.1 Å². The highest BCUT2D eigenvalue weighted by Crippen LogP contribution is 2.30. The number of hydrogen-bond donors (Lipinski definition) is 0. The first-order chi connectivity index (χ1) is 9.66. The molecule has 2 aromatic carbocycles. The van der Waals surface area contributed by atoms with Crippen LogP contribution in [-0.2, 0) is 12.8 Å². The SMILES string of the molecule is Cc1c(Br)cccc1C(=O)C1CCc2ccccc2C1. The number of ketones is 1. The molecular weight excluding hydrogens is 312 g/mol. The van der Waals surface area contributed by atoms with Crippen LogP contribution in [0.5, 0.6) is 0 Å². The molecule has 0 aromatic heterocycles. The third kappa shape index (κ3) is 2.45. The van der Waals surface area contributed by atoms with Gasteiger partial charge in [0.1, 0.15) is 0 Å². The van der Waals surface area contributed by atoms with E-state index in [1.54, 1.807) is 0 Å². The lowest BCUT2D eigenvalue weighted by Crippen LogP contribution is -2.23. The van der Waals surface area contributed by atoms with E-state index in [9.17, 15) is 4.79 Å². The van der Waals surface area contributed by atoms with Gasteiger partial charge in [-0.25, -0.2) is 0 Å². The fourth-order valence-corrected chi connectivity index (χ4v) is 3.38. The zero-order valence-electron chi connectivity index (χ0n) is 11.5. The molecule has 0 fully saturated rings. The summed E-state index contributed by atoms with van der Waals surface area (Å²) in [5, 5.41) is 0. The molecule has 0 saturated carbocycles. The molecule has 0 saturated heterocycles. The lowest BCUT2D eigenvalue weighted by Gasteiger charge is -2.24. The van der Waals surface area contributed by atoms with Crippen molar-refractivity contribution < 1.29 is 4.79 Å². The zero-order chi connectivity index (χ0) is 14.1. The summed E-state index contributed by atoms with van der Waals surface area (Å²) >= 11 is 3.51. The summed E-state index contributed by atoms with van der Waals surface area (Å²) in [5.74, 6) is 0.413. The van der Waals surface area contributed by atoms with Crippen molar-refractivity contribution in [3.8, 4) is 0 Å². The number of carbonyl (C=O) groups excluding carboxylic acids is 1. The molecular formula is C18H17BrO. The minimum atomic E-state index is 0.123. The number of aryl methyl sites for hydroxylation is 1. The summed E-state index contributed by atoms with van der Waals surface area (Å²) in [6.07, 6.45) is 2.85. The Kier molecular flexibility index (Phi) is 3.75. The molecule has 0 N–H and O–H groups in total. The second-order valence-corrected chi connectivity index (χ2v) is 6.34. The standard InChI is InChI=1S/C18H17BrO/c1-12-16(7-4-8-17(12)19)18(20)15-10-9-13-5-2-3-6-14(13)11-15/h2-8,15H,9-11H2,1H3. The van der Waals surface area contributed by atoms with E-state index in [1.165, 1.54) is 11.1 Å². The van der Waals surface area contributed by atoms with Gasteiger partial charge in [0.05, 0.1) is 0 Å². The molecule has 1 nitrogen and oxygen atoms in total. The Hall–Kier alpha value is -1.41. The summed E-state index contributed by atoms with van der Waals surface area (Å²) in [4.78, 5) is 12.8. The van der Waals surface area contributed by atoms with E-state index < -0.39 is 0 Å². The predicted octanol–water partition coefficient (Wildman–Crippen LogP) is 4.75. The summed E-state index contributed by atoms with van der Waals surface area (Å²) < 4.78 is 1.01. The van der Waals surface area contributed by atoms with Crippen molar-refractivity contribution in [3.05, 3.63) is 69.2 Å². The first kappa shape index (κ1) is 13.6. The van der Waals surface area contributed by atoms with E-state index in [2.05, 4.69) is 40.2 Å². The molecule has 0 bridgehead atoms. The van der Waals surface area contributed by atoms with Crippen molar-refractivity contribution in [2.24, 2.45) is 5.92 Å². The third-order valence-electron chi connectivity index (χ3n) is 4.25.